The Hall–Kier alpha value is -3.23. The van der Waals surface area contributed by atoms with Gasteiger partial charge in [-0.1, -0.05) is 18.2 Å². The zero-order chi connectivity index (χ0) is 25.1. The molecule has 0 unspecified atom stereocenters. The molecular formula is C28H28FN3O3S. The summed E-state index contributed by atoms with van der Waals surface area (Å²) in [5.41, 5.74) is 3.63. The highest BCUT2D eigenvalue weighted by Gasteiger charge is 2.56. The molecule has 1 aromatic heterocycles. The summed E-state index contributed by atoms with van der Waals surface area (Å²) in [6.07, 6.45) is 4.67. The van der Waals surface area contributed by atoms with Gasteiger partial charge in [-0.2, -0.15) is 5.10 Å². The molecular weight excluding hydrogens is 477 g/mol. The third kappa shape index (κ3) is 3.89. The van der Waals surface area contributed by atoms with Crippen molar-refractivity contribution in [3.05, 3.63) is 89.9 Å². The van der Waals surface area contributed by atoms with Crippen LogP contribution in [0.4, 0.5) is 4.39 Å². The van der Waals surface area contributed by atoms with Gasteiger partial charge in [0, 0.05) is 23.9 Å². The molecule has 1 aliphatic heterocycles. The van der Waals surface area contributed by atoms with Crippen LogP contribution in [0.3, 0.4) is 0 Å². The molecule has 36 heavy (non-hydrogen) atoms. The molecule has 8 heteroatoms. The second-order valence-electron chi connectivity index (χ2n) is 10.2. The number of hydrogen-bond acceptors (Lipinski definition) is 4. The third-order valence-corrected chi connectivity index (χ3v) is 9.06. The molecule has 6 rings (SSSR count). The minimum Gasteiger partial charge on any atom is -0.490 e. The normalized spacial score (nSPS) is 24.3. The third-order valence-electron chi connectivity index (χ3n) is 7.84. The molecule has 0 radical (unpaired) electrons. The monoisotopic (exact) mass is 505 g/mol. The summed E-state index contributed by atoms with van der Waals surface area (Å²) in [5.74, 6) is 0.707. The second kappa shape index (κ2) is 8.42. The van der Waals surface area contributed by atoms with E-state index in [-0.39, 0.29) is 23.3 Å². The van der Waals surface area contributed by atoms with Gasteiger partial charge >= 0.3 is 0 Å². The molecule has 6 nitrogen and oxygen atoms in total. The van der Waals surface area contributed by atoms with Gasteiger partial charge < -0.3 is 4.74 Å². The lowest BCUT2D eigenvalue weighted by Gasteiger charge is -2.31. The lowest BCUT2D eigenvalue weighted by molar-refractivity contribution is 0.191. The molecule has 0 amide bonds. The first-order valence-corrected chi connectivity index (χ1v) is 14.0. The van der Waals surface area contributed by atoms with E-state index < -0.39 is 10.0 Å². The highest BCUT2D eigenvalue weighted by atomic mass is 32.2. The molecule has 2 aliphatic rings. The van der Waals surface area contributed by atoms with Crippen LogP contribution in [0.15, 0.2) is 72.9 Å². The predicted molar refractivity (Wildman–Crippen MR) is 137 cm³/mol. The molecule has 2 fully saturated rings. The zero-order valence-electron chi connectivity index (χ0n) is 20.3. The number of rotatable bonds is 5. The minimum absolute atomic E-state index is 0.0103. The van der Waals surface area contributed by atoms with Crippen molar-refractivity contribution in [3.63, 3.8) is 0 Å². The van der Waals surface area contributed by atoms with E-state index >= 15 is 0 Å². The number of hydrogen-bond donors (Lipinski definition) is 0. The highest BCUT2D eigenvalue weighted by molar-refractivity contribution is 7.88. The summed E-state index contributed by atoms with van der Waals surface area (Å²) in [4.78, 5) is 0. The topological polar surface area (TPSA) is 64.4 Å². The van der Waals surface area contributed by atoms with Crippen molar-refractivity contribution in [2.75, 3.05) is 19.3 Å². The number of ether oxygens (including phenoxy) is 1. The van der Waals surface area contributed by atoms with Crippen molar-refractivity contribution in [2.45, 2.75) is 31.3 Å². The number of fused-ring (bicyclic) bond motifs is 2. The minimum atomic E-state index is -3.31. The molecule has 3 aromatic carbocycles. The Balaban J connectivity index is 1.41. The van der Waals surface area contributed by atoms with Crippen LogP contribution in [0, 0.1) is 18.7 Å². The van der Waals surface area contributed by atoms with Crippen molar-refractivity contribution >= 4 is 20.9 Å². The molecule has 186 valence electrons. The molecule has 0 bridgehead atoms. The molecule has 2 heterocycles. The van der Waals surface area contributed by atoms with Crippen LogP contribution in [0.1, 0.15) is 24.0 Å². The second-order valence-corrected chi connectivity index (χ2v) is 12.1. The van der Waals surface area contributed by atoms with Crippen LogP contribution < -0.4 is 4.74 Å². The van der Waals surface area contributed by atoms with Gasteiger partial charge in [-0.3, -0.25) is 0 Å². The highest BCUT2D eigenvalue weighted by Crippen LogP contribution is 2.53. The molecule has 1 saturated heterocycles. The van der Waals surface area contributed by atoms with E-state index in [2.05, 4.69) is 24.2 Å². The van der Waals surface area contributed by atoms with Crippen molar-refractivity contribution in [1.82, 2.24) is 14.1 Å². The van der Waals surface area contributed by atoms with Crippen LogP contribution in [-0.4, -0.2) is 48.0 Å². The fraction of sp³-hybridized carbons (Fsp3) is 0.321. The lowest BCUT2D eigenvalue weighted by atomic mass is 9.72. The molecule has 3 atom stereocenters. The Morgan fingerprint density at radius 2 is 1.83 bits per heavy atom. The molecule has 4 aromatic rings. The first-order valence-electron chi connectivity index (χ1n) is 12.1. The Labute approximate surface area is 210 Å². The van der Waals surface area contributed by atoms with Crippen molar-refractivity contribution < 1.29 is 17.5 Å². The van der Waals surface area contributed by atoms with Gasteiger partial charge in [0.05, 0.1) is 29.8 Å². The first kappa shape index (κ1) is 23.2. The van der Waals surface area contributed by atoms with E-state index in [0.717, 1.165) is 46.3 Å². The summed E-state index contributed by atoms with van der Waals surface area (Å²) < 4.78 is 48.4. The largest absolute Gasteiger partial charge is 0.490 e. The van der Waals surface area contributed by atoms with Crippen LogP contribution in [0.25, 0.3) is 16.6 Å². The van der Waals surface area contributed by atoms with Gasteiger partial charge in [0.15, 0.2) is 0 Å². The fourth-order valence-electron chi connectivity index (χ4n) is 6.22. The standard InChI is InChI=1S/C28H28FN3O3S/c1-19-12-27-20(16-30-32(27)23-10-8-22(29)9-11-23)13-26(19)28-15-25(35-24-6-4-3-5-7-24)14-21(28)17-31(18-28)36(2,33)34/h3-13,16,21,25H,14-15,17-18H2,1-2H3/t21-,25-,28-/m1/s1. The summed E-state index contributed by atoms with van der Waals surface area (Å²) in [6, 6.07) is 20.4. The summed E-state index contributed by atoms with van der Waals surface area (Å²) in [6.45, 7) is 3.03. The summed E-state index contributed by atoms with van der Waals surface area (Å²) in [5, 5.41) is 5.55. The maximum atomic E-state index is 13.5. The predicted octanol–water partition coefficient (Wildman–Crippen LogP) is 4.84. The van der Waals surface area contributed by atoms with Crippen LogP contribution in [-0.2, 0) is 15.4 Å². The van der Waals surface area contributed by atoms with Gasteiger partial charge in [0.2, 0.25) is 10.0 Å². The van der Waals surface area contributed by atoms with Crippen molar-refractivity contribution in [1.29, 1.82) is 0 Å². The van der Waals surface area contributed by atoms with Gasteiger partial charge in [-0.25, -0.2) is 21.8 Å². The van der Waals surface area contributed by atoms with Crippen molar-refractivity contribution in [2.24, 2.45) is 5.92 Å². The summed E-state index contributed by atoms with van der Waals surface area (Å²) in [7, 11) is -3.31. The average Bonchev–Trinajstić information content (AvgIpc) is 3.50. The van der Waals surface area contributed by atoms with E-state index in [0.29, 0.717) is 13.1 Å². The van der Waals surface area contributed by atoms with Crippen LogP contribution in [0.2, 0.25) is 0 Å². The van der Waals surface area contributed by atoms with Crippen molar-refractivity contribution in [3.8, 4) is 11.4 Å². The SMILES string of the molecule is Cc1cc2c(cnn2-c2ccc(F)cc2)cc1[C@@]12C[C@H](Oc3ccccc3)C[C@@H]1CN(S(C)(=O)=O)C2. The van der Waals surface area contributed by atoms with Gasteiger partial charge in [-0.05, 0) is 85.3 Å². The van der Waals surface area contributed by atoms with Crippen LogP contribution >= 0.6 is 0 Å². The smallest absolute Gasteiger partial charge is 0.211 e. The Morgan fingerprint density at radius 1 is 1.08 bits per heavy atom. The Bertz CT molecular complexity index is 1540. The van der Waals surface area contributed by atoms with E-state index in [1.807, 2.05) is 41.2 Å². The first-order chi connectivity index (χ1) is 17.2. The quantitative estimate of drug-likeness (QED) is 0.389. The van der Waals surface area contributed by atoms with Gasteiger partial charge in [0.25, 0.3) is 0 Å². The van der Waals surface area contributed by atoms with E-state index in [1.54, 1.807) is 16.4 Å². The number of halogens is 1. The Morgan fingerprint density at radius 3 is 2.56 bits per heavy atom. The van der Waals surface area contributed by atoms with Gasteiger partial charge in [-0.15, -0.1) is 0 Å². The molecule has 1 saturated carbocycles. The number of para-hydroxylation sites is 1. The fourth-order valence-corrected chi connectivity index (χ4v) is 7.13. The number of aryl methyl sites for hydroxylation is 1. The molecule has 0 spiro atoms. The zero-order valence-corrected chi connectivity index (χ0v) is 21.1. The number of benzene rings is 3. The lowest BCUT2D eigenvalue weighted by Crippen LogP contribution is -2.36. The molecule has 0 N–H and O–H groups in total. The van der Waals surface area contributed by atoms with E-state index in [4.69, 9.17) is 4.74 Å². The molecule has 1 aliphatic carbocycles. The van der Waals surface area contributed by atoms with E-state index in [9.17, 15) is 12.8 Å². The van der Waals surface area contributed by atoms with Gasteiger partial charge in [0.1, 0.15) is 11.6 Å². The number of nitrogens with zero attached hydrogens (tertiary/aromatic N) is 3. The summed E-state index contributed by atoms with van der Waals surface area (Å²) >= 11 is 0. The number of aromatic nitrogens is 2. The number of sulfonamides is 1. The van der Waals surface area contributed by atoms with Crippen LogP contribution in [0.5, 0.6) is 5.75 Å². The Kier molecular flexibility index (Phi) is 5.42. The maximum absolute atomic E-state index is 13.5. The maximum Gasteiger partial charge on any atom is 0.211 e. The average molecular weight is 506 g/mol. The van der Waals surface area contributed by atoms with E-state index in [1.165, 1.54) is 18.4 Å².